The van der Waals surface area contributed by atoms with E-state index in [-0.39, 0.29) is 10.0 Å². The largest absolute Gasteiger partial charge is 0.263 e. The number of benzene rings is 1. The lowest BCUT2D eigenvalue weighted by atomic mass is 10.2. The molecule has 0 atom stereocenters. The Morgan fingerprint density at radius 1 is 1.28 bits per heavy atom. The van der Waals surface area contributed by atoms with Gasteiger partial charge < -0.3 is 0 Å². The molecule has 0 bridgehead atoms. The molecule has 1 N–H and O–H groups in total. The monoisotopic (exact) mass is 304 g/mol. The number of sulfonamides is 1. The van der Waals surface area contributed by atoms with Gasteiger partial charge in [-0.2, -0.15) is 0 Å². The predicted octanol–water partition coefficient (Wildman–Crippen LogP) is 1.52. The van der Waals surface area contributed by atoms with Crippen LogP contribution in [0.2, 0.25) is 0 Å². The minimum Gasteiger partial charge on any atom is -0.252 e. The Labute approximate surface area is 113 Å². The van der Waals surface area contributed by atoms with Crippen LogP contribution in [0.25, 0.3) is 0 Å². The van der Waals surface area contributed by atoms with Gasteiger partial charge in [-0.25, -0.2) is 8.42 Å². The van der Waals surface area contributed by atoms with Crippen molar-refractivity contribution in [1.82, 2.24) is 14.8 Å². The van der Waals surface area contributed by atoms with Crippen LogP contribution in [0.3, 0.4) is 0 Å². The summed E-state index contributed by atoms with van der Waals surface area (Å²) in [5.74, 6) is 0.501. The van der Waals surface area contributed by atoms with Crippen LogP contribution >= 0.6 is 23.1 Å². The molecule has 0 aliphatic rings. The maximum absolute atomic E-state index is 11.9. The Morgan fingerprint density at radius 3 is 2.56 bits per heavy atom. The maximum Gasteiger partial charge on any atom is 0.263 e. The number of alkyl halides is 1. The van der Waals surface area contributed by atoms with Crippen LogP contribution in [0.15, 0.2) is 29.2 Å². The molecule has 1 aromatic carbocycles. The van der Waals surface area contributed by atoms with E-state index in [0.29, 0.717) is 12.3 Å². The molecule has 0 aliphatic heterocycles. The average Bonchev–Trinajstić information content (AvgIpc) is 2.82. The van der Waals surface area contributed by atoms with Gasteiger partial charge in [-0.05, 0) is 29.3 Å². The Morgan fingerprint density at radius 2 is 2.00 bits per heavy atom. The van der Waals surface area contributed by atoms with Crippen molar-refractivity contribution in [1.29, 1.82) is 0 Å². The summed E-state index contributed by atoms with van der Waals surface area (Å²) in [6.45, 7) is 0. The minimum atomic E-state index is -3.63. The summed E-state index contributed by atoms with van der Waals surface area (Å²) in [7, 11) is -3.63. The van der Waals surface area contributed by atoms with Crippen LogP contribution in [0.1, 0.15) is 5.56 Å². The van der Waals surface area contributed by atoms with E-state index < -0.39 is 10.0 Å². The van der Waals surface area contributed by atoms with Crippen molar-refractivity contribution in [2.75, 3.05) is 10.6 Å². The standard InChI is InChI=1S/C9H9ClN4O2S2/c10-6-5-7-1-3-8(4-2-7)18(15,16)12-9-11-13-14-17-9/h1-4H,5-6H2,(H,11,12,14). The molecule has 6 nitrogen and oxygen atoms in total. The first-order chi connectivity index (χ1) is 8.62. The zero-order chi connectivity index (χ0) is 13.0. The lowest BCUT2D eigenvalue weighted by Gasteiger charge is -2.05. The van der Waals surface area contributed by atoms with E-state index in [1.807, 2.05) is 0 Å². The molecule has 0 amide bonds. The molecule has 0 saturated carbocycles. The molecular weight excluding hydrogens is 296 g/mol. The summed E-state index contributed by atoms with van der Waals surface area (Å²) < 4.78 is 29.7. The third-order valence-corrected chi connectivity index (χ3v) is 4.32. The highest BCUT2D eigenvalue weighted by atomic mass is 35.5. The van der Waals surface area contributed by atoms with Crippen LogP contribution < -0.4 is 4.72 Å². The van der Waals surface area contributed by atoms with E-state index in [4.69, 9.17) is 11.6 Å². The molecule has 1 heterocycles. The van der Waals surface area contributed by atoms with Crippen molar-refractivity contribution in [3.63, 3.8) is 0 Å². The summed E-state index contributed by atoms with van der Waals surface area (Å²) in [6.07, 6.45) is 0.704. The lowest BCUT2D eigenvalue weighted by molar-refractivity contribution is 0.601. The highest BCUT2D eigenvalue weighted by Gasteiger charge is 2.15. The summed E-state index contributed by atoms with van der Waals surface area (Å²) in [5, 5.41) is 6.98. The molecule has 0 saturated heterocycles. The Kier molecular flexibility index (Phi) is 4.10. The first kappa shape index (κ1) is 13.2. The molecule has 0 aliphatic carbocycles. The quantitative estimate of drug-likeness (QED) is 0.846. The molecule has 9 heteroatoms. The van der Waals surface area contributed by atoms with Gasteiger partial charge in [-0.3, -0.25) is 4.72 Å². The molecule has 1 aromatic heterocycles. The van der Waals surface area contributed by atoms with Gasteiger partial charge in [-0.15, -0.1) is 11.6 Å². The van der Waals surface area contributed by atoms with Gasteiger partial charge in [-0.1, -0.05) is 21.7 Å². The van der Waals surface area contributed by atoms with Gasteiger partial charge >= 0.3 is 0 Å². The molecule has 0 radical (unpaired) electrons. The molecule has 0 unspecified atom stereocenters. The van der Waals surface area contributed by atoms with E-state index in [0.717, 1.165) is 17.1 Å². The van der Waals surface area contributed by atoms with E-state index >= 15 is 0 Å². The first-order valence-corrected chi connectivity index (χ1v) is 7.74. The van der Waals surface area contributed by atoms with E-state index in [2.05, 4.69) is 19.5 Å². The van der Waals surface area contributed by atoms with E-state index in [1.165, 1.54) is 12.1 Å². The number of anilines is 1. The van der Waals surface area contributed by atoms with Crippen LogP contribution in [-0.2, 0) is 16.4 Å². The Hall–Kier alpha value is -1.25. The van der Waals surface area contributed by atoms with E-state index in [9.17, 15) is 8.42 Å². The molecule has 0 spiro atoms. The zero-order valence-electron chi connectivity index (χ0n) is 9.08. The average molecular weight is 305 g/mol. The fourth-order valence-corrected chi connectivity index (χ4v) is 3.09. The van der Waals surface area contributed by atoms with Gasteiger partial charge in [0.1, 0.15) is 0 Å². The van der Waals surface area contributed by atoms with Gasteiger partial charge in [0.25, 0.3) is 10.0 Å². The number of rotatable bonds is 5. The molecular formula is C9H9ClN4O2S2. The number of hydrogen-bond donors (Lipinski definition) is 1. The lowest BCUT2D eigenvalue weighted by Crippen LogP contribution is -2.12. The second-order valence-corrected chi connectivity index (χ2v) is 6.15. The molecule has 96 valence electrons. The van der Waals surface area contributed by atoms with E-state index in [1.54, 1.807) is 12.1 Å². The summed E-state index contributed by atoms with van der Waals surface area (Å²) in [4.78, 5) is 0.163. The number of hydrogen-bond acceptors (Lipinski definition) is 6. The number of nitrogens with one attached hydrogen (secondary N) is 1. The van der Waals surface area contributed by atoms with Crippen molar-refractivity contribution in [2.24, 2.45) is 0 Å². The Bertz CT molecular complexity index is 598. The van der Waals surface area contributed by atoms with Crippen molar-refractivity contribution < 1.29 is 8.42 Å². The third-order valence-electron chi connectivity index (χ3n) is 2.14. The highest BCUT2D eigenvalue weighted by molar-refractivity contribution is 7.93. The Balaban J connectivity index is 2.19. The molecule has 2 aromatic rings. The number of halogens is 1. The molecule has 2 rings (SSSR count). The second kappa shape index (κ2) is 5.59. The maximum atomic E-state index is 11.9. The second-order valence-electron chi connectivity index (χ2n) is 3.36. The first-order valence-electron chi connectivity index (χ1n) is 4.94. The number of aryl methyl sites for hydroxylation is 1. The van der Waals surface area contributed by atoms with Gasteiger partial charge in [0.15, 0.2) is 0 Å². The molecule has 0 fully saturated rings. The summed E-state index contributed by atoms with van der Waals surface area (Å²) in [6, 6.07) is 6.52. The van der Waals surface area contributed by atoms with Crippen molar-refractivity contribution >= 4 is 38.3 Å². The topological polar surface area (TPSA) is 84.8 Å². The molecule has 18 heavy (non-hydrogen) atoms. The van der Waals surface area contributed by atoms with Crippen LogP contribution in [-0.4, -0.2) is 29.1 Å². The highest BCUT2D eigenvalue weighted by Crippen LogP contribution is 2.16. The van der Waals surface area contributed by atoms with Crippen LogP contribution in [0.5, 0.6) is 0 Å². The van der Waals surface area contributed by atoms with Gasteiger partial charge in [0.2, 0.25) is 5.13 Å². The summed E-state index contributed by atoms with van der Waals surface area (Å²) in [5.41, 5.74) is 0.988. The number of aromatic nitrogens is 3. The smallest absolute Gasteiger partial charge is 0.252 e. The third kappa shape index (κ3) is 3.15. The SMILES string of the molecule is O=S(=O)(Nc1nnns1)c1ccc(CCCl)cc1. The van der Waals surface area contributed by atoms with Gasteiger partial charge in [0.05, 0.1) is 4.90 Å². The van der Waals surface area contributed by atoms with Gasteiger partial charge in [0, 0.05) is 17.4 Å². The number of nitrogens with zero attached hydrogens (tertiary/aromatic N) is 3. The van der Waals surface area contributed by atoms with Crippen molar-refractivity contribution in [3.8, 4) is 0 Å². The normalized spacial score (nSPS) is 11.4. The fourth-order valence-electron chi connectivity index (χ4n) is 1.29. The zero-order valence-corrected chi connectivity index (χ0v) is 11.5. The summed E-state index contributed by atoms with van der Waals surface area (Å²) >= 11 is 6.48. The van der Waals surface area contributed by atoms with Crippen molar-refractivity contribution in [3.05, 3.63) is 29.8 Å². The fraction of sp³-hybridized carbons (Fsp3) is 0.222. The predicted molar refractivity (Wildman–Crippen MR) is 69.4 cm³/mol. The van der Waals surface area contributed by atoms with Crippen LogP contribution in [0, 0.1) is 0 Å². The minimum absolute atomic E-state index is 0.139. The van der Waals surface area contributed by atoms with Crippen molar-refractivity contribution in [2.45, 2.75) is 11.3 Å². The van der Waals surface area contributed by atoms with Crippen LogP contribution in [0.4, 0.5) is 5.13 Å².